The maximum Gasteiger partial charge on any atom is 0.190 e. The van der Waals surface area contributed by atoms with Crippen LogP contribution in [0.15, 0.2) is 41.2 Å². The molecule has 0 bridgehead atoms. The van der Waals surface area contributed by atoms with Crippen molar-refractivity contribution in [3.8, 4) is 0 Å². The van der Waals surface area contributed by atoms with Crippen LogP contribution in [0.25, 0.3) is 22.6 Å². The number of nitrogens with zero attached hydrogens (tertiary/aromatic N) is 4. The molecule has 0 saturated carbocycles. The van der Waals surface area contributed by atoms with Crippen LogP contribution in [-0.4, -0.2) is 53.0 Å². The molecule has 2 aromatic heterocycles. The number of rotatable bonds is 8. The summed E-state index contributed by atoms with van der Waals surface area (Å²) < 4.78 is 6.15. The van der Waals surface area contributed by atoms with E-state index < -0.39 is 0 Å². The number of hydrogen-bond acceptors (Lipinski definition) is 7. The summed E-state index contributed by atoms with van der Waals surface area (Å²) in [4.78, 5) is 16.3. The van der Waals surface area contributed by atoms with Crippen molar-refractivity contribution in [1.29, 1.82) is 0 Å². The van der Waals surface area contributed by atoms with Crippen molar-refractivity contribution in [1.82, 2.24) is 15.0 Å². The summed E-state index contributed by atoms with van der Waals surface area (Å²) in [6, 6.07) is 6.62. The number of hydrogen-bond donors (Lipinski definition) is 1. The highest BCUT2D eigenvalue weighted by Crippen LogP contribution is 2.28. The molecular formula is C22H23BrN4O2S. The molecule has 6 nitrogen and oxygen atoms in total. The monoisotopic (exact) mass is 486 g/mol. The first kappa shape index (κ1) is 21.1. The van der Waals surface area contributed by atoms with Crippen LogP contribution in [0.1, 0.15) is 22.6 Å². The fraction of sp³-hybridized carbons (Fsp3) is 0.318. The van der Waals surface area contributed by atoms with Crippen molar-refractivity contribution in [3.05, 3.63) is 57.3 Å². The molecule has 4 rings (SSSR count). The molecule has 30 heavy (non-hydrogen) atoms. The summed E-state index contributed by atoms with van der Waals surface area (Å²) in [5.41, 5.74) is 4.53. The van der Waals surface area contributed by atoms with Gasteiger partial charge in [-0.05, 0) is 58.1 Å². The minimum Gasteiger partial charge on any atom is -0.394 e. The van der Waals surface area contributed by atoms with Gasteiger partial charge in [-0.3, -0.25) is 0 Å². The van der Waals surface area contributed by atoms with Crippen LogP contribution in [0.3, 0.4) is 0 Å². The molecule has 0 saturated heterocycles. The number of allylic oxidation sites excluding steroid dienone is 2. The van der Waals surface area contributed by atoms with Crippen molar-refractivity contribution in [2.45, 2.75) is 12.8 Å². The number of ether oxygens (including phenoxy) is 1. The van der Waals surface area contributed by atoms with E-state index in [0.717, 1.165) is 40.4 Å². The third-order valence-electron chi connectivity index (χ3n) is 4.81. The van der Waals surface area contributed by atoms with Crippen LogP contribution in [0, 0.1) is 0 Å². The fourth-order valence-corrected chi connectivity index (χ4v) is 4.67. The molecule has 3 aromatic rings. The molecule has 0 unspecified atom stereocenters. The Morgan fingerprint density at radius 3 is 3.00 bits per heavy atom. The van der Waals surface area contributed by atoms with E-state index in [1.807, 2.05) is 18.2 Å². The van der Waals surface area contributed by atoms with Gasteiger partial charge in [-0.15, -0.1) is 0 Å². The number of aromatic nitrogens is 3. The van der Waals surface area contributed by atoms with Crippen molar-refractivity contribution in [2.75, 3.05) is 37.8 Å². The molecule has 0 spiro atoms. The van der Waals surface area contributed by atoms with Gasteiger partial charge in [-0.25, -0.2) is 15.0 Å². The van der Waals surface area contributed by atoms with Gasteiger partial charge in [-0.2, -0.15) is 0 Å². The predicted molar refractivity (Wildman–Crippen MR) is 126 cm³/mol. The molecule has 156 valence electrons. The Bertz CT molecular complexity index is 1070. The summed E-state index contributed by atoms with van der Waals surface area (Å²) in [6.07, 6.45) is 12.0. The molecule has 3 heterocycles. The van der Waals surface area contributed by atoms with Crippen molar-refractivity contribution in [2.24, 2.45) is 0 Å². The van der Waals surface area contributed by atoms with Crippen LogP contribution in [-0.2, 0) is 11.2 Å². The lowest BCUT2D eigenvalue weighted by molar-refractivity contribution is 0.0965. The maximum absolute atomic E-state index is 8.83. The van der Waals surface area contributed by atoms with Crippen LogP contribution in [0.4, 0.5) is 5.69 Å². The summed E-state index contributed by atoms with van der Waals surface area (Å²) >= 11 is 4.86. The second-order valence-electron chi connectivity index (χ2n) is 6.91. The number of anilines is 1. The zero-order valence-electron chi connectivity index (χ0n) is 16.5. The zero-order chi connectivity index (χ0) is 20.8. The first-order valence-electron chi connectivity index (χ1n) is 9.93. The zero-order valence-corrected chi connectivity index (χ0v) is 18.9. The SMILES string of the molecule is OCCOCCN1CCCc2cc(/C=C/C=C/c3nc4ncc(Br)nc4s3)ccc21. The molecular weight excluding hydrogens is 464 g/mol. The molecule has 1 aliphatic rings. The van der Waals surface area contributed by atoms with Gasteiger partial charge in [0.05, 0.1) is 26.0 Å². The van der Waals surface area contributed by atoms with Gasteiger partial charge in [-0.1, -0.05) is 35.6 Å². The van der Waals surface area contributed by atoms with Crippen LogP contribution >= 0.6 is 27.3 Å². The first-order valence-corrected chi connectivity index (χ1v) is 11.5. The van der Waals surface area contributed by atoms with Crippen LogP contribution < -0.4 is 4.90 Å². The van der Waals surface area contributed by atoms with Crippen LogP contribution in [0.5, 0.6) is 0 Å². The lowest BCUT2D eigenvalue weighted by Gasteiger charge is -2.31. The van der Waals surface area contributed by atoms with Crippen molar-refractivity contribution in [3.63, 3.8) is 0 Å². The Morgan fingerprint density at radius 1 is 1.20 bits per heavy atom. The van der Waals surface area contributed by atoms with E-state index in [-0.39, 0.29) is 6.61 Å². The Hall–Kier alpha value is -2.13. The van der Waals surface area contributed by atoms with Gasteiger partial charge in [0, 0.05) is 18.8 Å². The highest BCUT2D eigenvalue weighted by molar-refractivity contribution is 9.10. The second-order valence-corrected chi connectivity index (χ2v) is 8.73. The number of aliphatic hydroxyl groups is 1. The minimum absolute atomic E-state index is 0.0747. The number of halogens is 1. The van der Waals surface area contributed by atoms with E-state index in [1.54, 1.807) is 6.20 Å². The summed E-state index contributed by atoms with van der Waals surface area (Å²) in [5.74, 6) is 0. The summed E-state index contributed by atoms with van der Waals surface area (Å²) in [7, 11) is 0. The Kier molecular flexibility index (Phi) is 7.22. The van der Waals surface area contributed by atoms with Gasteiger partial charge < -0.3 is 14.7 Å². The van der Waals surface area contributed by atoms with Gasteiger partial charge >= 0.3 is 0 Å². The highest BCUT2D eigenvalue weighted by atomic mass is 79.9. The molecule has 1 aliphatic heterocycles. The number of aryl methyl sites for hydroxylation is 1. The number of benzene rings is 1. The van der Waals surface area contributed by atoms with Gasteiger partial charge in [0.1, 0.15) is 9.61 Å². The minimum atomic E-state index is 0.0747. The fourth-order valence-electron chi connectivity index (χ4n) is 3.47. The number of thiazole rings is 1. The maximum atomic E-state index is 8.83. The van der Waals surface area contributed by atoms with E-state index in [2.05, 4.69) is 60.1 Å². The van der Waals surface area contributed by atoms with Crippen molar-refractivity contribution < 1.29 is 9.84 Å². The summed E-state index contributed by atoms with van der Waals surface area (Å²) in [5, 5.41) is 9.71. The third-order valence-corrected chi connectivity index (χ3v) is 6.09. The third kappa shape index (κ3) is 5.31. The van der Waals surface area contributed by atoms with E-state index in [1.165, 1.54) is 28.2 Å². The van der Waals surface area contributed by atoms with Gasteiger partial charge in [0.2, 0.25) is 0 Å². The molecule has 0 atom stereocenters. The normalized spacial score (nSPS) is 14.3. The molecule has 8 heteroatoms. The Morgan fingerprint density at radius 2 is 2.10 bits per heavy atom. The molecule has 1 aromatic carbocycles. The lowest BCUT2D eigenvalue weighted by Crippen LogP contribution is -2.32. The first-order chi connectivity index (χ1) is 14.7. The highest BCUT2D eigenvalue weighted by Gasteiger charge is 2.16. The van der Waals surface area contributed by atoms with E-state index in [9.17, 15) is 0 Å². The summed E-state index contributed by atoms with van der Waals surface area (Å²) in [6.45, 7) is 3.02. The predicted octanol–water partition coefficient (Wildman–Crippen LogP) is 4.34. The lowest BCUT2D eigenvalue weighted by atomic mass is 9.99. The topological polar surface area (TPSA) is 71.4 Å². The molecule has 0 radical (unpaired) electrons. The largest absolute Gasteiger partial charge is 0.394 e. The molecule has 0 amide bonds. The number of aliphatic hydroxyl groups excluding tert-OH is 1. The molecule has 1 N–H and O–H groups in total. The van der Waals surface area contributed by atoms with E-state index >= 15 is 0 Å². The average Bonchev–Trinajstić information content (AvgIpc) is 3.16. The average molecular weight is 487 g/mol. The Balaban J connectivity index is 1.39. The smallest absolute Gasteiger partial charge is 0.190 e. The molecule has 0 fully saturated rings. The quantitative estimate of drug-likeness (QED) is 0.377. The number of fused-ring (bicyclic) bond motifs is 2. The second kappa shape index (κ2) is 10.3. The standard InChI is InChI=1S/C22H23BrN4O2S/c23-19-15-24-21-22(25-19)30-20(26-21)6-2-1-4-16-7-8-18-17(14-16)5-3-9-27(18)10-12-29-13-11-28/h1-2,4,6-8,14-15,28H,3,5,9-13H2/b4-1+,6-2+. The van der Waals surface area contributed by atoms with Gasteiger partial charge in [0.25, 0.3) is 0 Å². The van der Waals surface area contributed by atoms with E-state index in [0.29, 0.717) is 18.9 Å². The van der Waals surface area contributed by atoms with Crippen LogP contribution in [0.2, 0.25) is 0 Å². The van der Waals surface area contributed by atoms with Gasteiger partial charge in [0.15, 0.2) is 10.5 Å². The Labute approximate surface area is 188 Å². The van der Waals surface area contributed by atoms with Crippen molar-refractivity contribution >= 4 is 55.6 Å². The van der Waals surface area contributed by atoms with E-state index in [4.69, 9.17) is 9.84 Å². The molecule has 0 aliphatic carbocycles.